The maximum absolute atomic E-state index is 11.5. The van der Waals surface area contributed by atoms with Crippen molar-refractivity contribution in [1.82, 2.24) is 0 Å². The first-order chi connectivity index (χ1) is 10.5. The van der Waals surface area contributed by atoms with Crippen LogP contribution < -0.4 is 0 Å². The fourth-order valence-electron chi connectivity index (χ4n) is 2.10. The number of unbranched alkanes of at least 4 members (excludes halogenated alkanes) is 2. The highest BCUT2D eigenvalue weighted by atomic mass is 16.5. The van der Waals surface area contributed by atoms with Gasteiger partial charge in [-0.05, 0) is 40.0 Å². The van der Waals surface area contributed by atoms with Crippen LogP contribution in [0, 0.1) is 0 Å². The van der Waals surface area contributed by atoms with E-state index in [0.717, 1.165) is 31.3 Å². The molecule has 0 aliphatic carbocycles. The Labute approximate surface area is 134 Å². The minimum atomic E-state index is -0.333. The predicted octanol–water partition coefficient (Wildman–Crippen LogP) is 4.35. The lowest BCUT2D eigenvalue weighted by molar-refractivity contribution is -0.143. The van der Waals surface area contributed by atoms with Crippen LogP contribution in [0.1, 0.15) is 66.2 Å². The number of carbonyl (C=O) groups is 2. The van der Waals surface area contributed by atoms with Gasteiger partial charge in [-0.15, -0.1) is 0 Å². The third-order valence-corrected chi connectivity index (χ3v) is 3.33. The molecule has 0 saturated heterocycles. The van der Waals surface area contributed by atoms with E-state index in [-0.39, 0.29) is 11.9 Å². The van der Waals surface area contributed by atoms with Crippen molar-refractivity contribution in [1.29, 1.82) is 0 Å². The highest BCUT2D eigenvalue weighted by molar-refractivity contribution is 5.82. The summed E-state index contributed by atoms with van der Waals surface area (Å²) in [5.41, 5.74) is 2.25. The van der Waals surface area contributed by atoms with Gasteiger partial charge in [-0.3, -0.25) is 4.79 Å². The minimum Gasteiger partial charge on any atom is -0.466 e. The van der Waals surface area contributed by atoms with Crippen LogP contribution >= 0.6 is 0 Å². The molecule has 0 atom stereocenters. The molecule has 0 aromatic rings. The summed E-state index contributed by atoms with van der Waals surface area (Å²) in [5, 5.41) is 0. The molecule has 0 spiro atoms. The van der Waals surface area contributed by atoms with E-state index in [1.54, 1.807) is 13.0 Å². The van der Waals surface area contributed by atoms with Crippen molar-refractivity contribution >= 4 is 11.9 Å². The maximum atomic E-state index is 11.5. The lowest BCUT2D eigenvalue weighted by Crippen LogP contribution is -2.05. The number of carbonyl (C=O) groups excluding carboxylic acids is 2. The molecule has 0 N–H and O–H groups in total. The van der Waals surface area contributed by atoms with Gasteiger partial charge in [0.05, 0.1) is 13.2 Å². The average molecular weight is 310 g/mol. The molecule has 0 radical (unpaired) electrons. The van der Waals surface area contributed by atoms with Crippen LogP contribution in [0.2, 0.25) is 0 Å². The zero-order chi connectivity index (χ0) is 16.8. The fourth-order valence-corrected chi connectivity index (χ4v) is 2.10. The first-order valence-electron chi connectivity index (χ1n) is 8.24. The molecule has 0 aliphatic rings. The van der Waals surface area contributed by atoms with E-state index in [4.69, 9.17) is 9.47 Å². The molecular weight excluding hydrogens is 280 g/mol. The predicted molar refractivity (Wildman–Crippen MR) is 88.5 cm³/mol. The maximum Gasteiger partial charge on any atom is 0.330 e. The van der Waals surface area contributed by atoms with Gasteiger partial charge in [-0.25, -0.2) is 4.79 Å². The van der Waals surface area contributed by atoms with Gasteiger partial charge in [0.2, 0.25) is 0 Å². The zero-order valence-electron chi connectivity index (χ0n) is 14.4. The molecule has 0 fully saturated rings. The molecule has 0 bridgehead atoms. The topological polar surface area (TPSA) is 52.6 Å². The van der Waals surface area contributed by atoms with Gasteiger partial charge in [-0.1, -0.05) is 37.0 Å². The summed E-state index contributed by atoms with van der Waals surface area (Å²) < 4.78 is 9.85. The lowest BCUT2D eigenvalue weighted by atomic mass is 9.97. The summed E-state index contributed by atoms with van der Waals surface area (Å²) >= 11 is 0. The molecule has 0 unspecified atom stereocenters. The van der Waals surface area contributed by atoms with Gasteiger partial charge >= 0.3 is 11.9 Å². The van der Waals surface area contributed by atoms with Crippen LogP contribution in [-0.4, -0.2) is 25.2 Å². The molecule has 0 aliphatic heterocycles. The molecule has 0 amide bonds. The van der Waals surface area contributed by atoms with Crippen LogP contribution in [0.5, 0.6) is 0 Å². The second kappa shape index (κ2) is 13.1. The second-order valence-corrected chi connectivity index (χ2v) is 5.13. The number of hydrogen-bond donors (Lipinski definition) is 0. The number of ether oxygens (including phenoxy) is 2. The molecule has 126 valence electrons. The molecule has 4 nitrogen and oxygen atoms in total. The molecule has 4 heteroatoms. The van der Waals surface area contributed by atoms with E-state index in [2.05, 4.69) is 6.92 Å². The normalized spacial score (nSPS) is 12.2. The SMILES string of the molecule is CCCCC/C(CCC(=O)OCC)=C(C)/C=C/C(=O)OCC. The van der Waals surface area contributed by atoms with E-state index in [1.807, 2.05) is 13.8 Å². The molecule has 0 saturated carbocycles. The summed E-state index contributed by atoms with van der Waals surface area (Å²) in [4.78, 5) is 22.9. The largest absolute Gasteiger partial charge is 0.466 e. The van der Waals surface area contributed by atoms with Crippen LogP contribution in [-0.2, 0) is 19.1 Å². The van der Waals surface area contributed by atoms with Crippen molar-refractivity contribution < 1.29 is 19.1 Å². The summed E-state index contributed by atoms with van der Waals surface area (Å²) in [7, 11) is 0. The van der Waals surface area contributed by atoms with Crippen molar-refractivity contribution in [3.8, 4) is 0 Å². The molecule has 0 aromatic heterocycles. The number of rotatable bonds is 11. The van der Waals surface area contributed by atoms with Gasteiger partial charge < -0.3 is 9.47 Å². The summed E-state index contributed by atoms with van der Waals surface area (Å²) in [6.45, 7) is 8.51. The standard InChI is InChI=1S/C18H30O4/c1-5-8-9-10-16(12-14-18(20)22-7-3)15(4)11-13-17(19)21-6-2/h11,13H,5-10,12,14H2,1-4H3/b13-11+,16-15-. The Kier molecular flexibility index (Phi) is 12.2. The van der Waals surface area contributed by atoms with Crippen LogP contribution in [0.3, 0.4) is 0 Å². The van der Waals surface area contributed by atoms with Gasteiger partial charge in [0.15, 0.2) is 0 Å². The Morgan fingerprint density at radius 3 is 2.14 bits per heavy atom. The second-order valence-electron chi connectivity index (χ2n) is 5.13. The van der Waals surface area contributed by atoms with Crippen molar-refractivity contribution in [2.24, 2.45) is 0 Å². The van der Waals surface area contributed by atoms with Gasteiger partial charge in [0.1, 0.15) is 0 Å². The monoisotopic (exact) mass is 310 g/mol. The van der Waals surface area contributed by atoms with E-state index >= 15 is 0 Å². The van der Waals surface area contributed by atoms with Crippen LogP contribution in [0.15, 0.2) is 23.3 Å². The summed E-state index contributed by atoms with van der Waals surface area (Å²) in [5.74, 6) is -0.502. The average Bonchev–Trinajstić information content (AvgIpc) is 2.49. The molecule has 22 heavy (non-hydrogen) atoms. The molecule has 0 rings (SSSR count). The van der Waals surface area contributed by atoms with Crippen molar-refractivity contribution in [2.75, 3.05) is 13.2 Å². The number of allylic oxidation sites excluding steroid dienone is 3. The molecule has 0 heterocycles. The summed E-state index contributed by atoms with van der Waals surface area (Å²) in [6.07, 6.45) is 8.67. The third-order valence-electron chi connectivity index (χ3n) is 3.33. The van der Waals surface area contributed by atoms with Crippen molar-refractivity contribution in [3.63, 3.8) is 0 Å². The van der Waals surface area contributed by atoms with E-state index < -0.39 is 0 Å². The van der Waals surface area contributed by atoms with Gasteiger partial charge in [0.25, 0.3) is 0 Å². The molecule has 0 aromatic carbocycles. The highest BCUT2D eigenvalue weighted by Gasteiger charge is 2.07. The summed E-state index contributed by atoms with van der Waals surface area (Å²) in [6, 6.07) is 0. The van der Waals surface area contributed by atoms with Crippen LogP contribution in [0.4, 0.5) is 0 Å². The van der Waals surface area contributed by atoms with Crippen LogP contribution in [0.25, 0.3) is 0 Å². The third kappa shape index (κ3) is 10.2. The number of hydrogen-bond acceptors (Lipinski definition) is 4. The Balaban J connectivity index is 4.74. The van der Waals surface area contributed by atoms with E-state index in [9.17, 15) is 9.59 Å². The first-order valence-corrected chi connectivity index (χ1v) is 8.24. The Hall–Kier alpha value is -1.58. The van der Waals surface area contributed by atoms with Gasteiger partial charge in [0, 0.05) is 12.5 Å². The zero-order valence-corrected chi connectivity index (χ0v) is 14.4. The van der Waals surface area contributed by atoms with Crippen molar-refractivity contribution in [3.05, 3.63) is 23.3 Å². The molecular formula is C18H30O4. The van der Waals surface area contributed by atoms with Gasteiger partial charge in [-0.2, -0.15) is 0 Å². The Morgan fingerprint density at radius 2 is 1.55 bits per heavy atom. The Bertz CT molecular complexity index is 394. The minimum absolute atomic E-state index is 0.169. The fraction of sp³-hybridized carbons (Fsp3) is 0.667. The van der Waals surface area contributed by atoms with E-state index in [1.165, 1.54) is 11.6 Å². The highest BCUT2D eigenvalue weighted by Crippen LogP contribution is 2.20. The lowest BCUT2D eigenvalue weighted by Gasteiger charge is -2.10. The first kappa shape index (κ1) is 20.4. The van der Waals surface area contributed by atoms with E-state index in [0.29, 0.717) is 26.1 Å². The number of esters is 2. The van der Waals surface area contributed by atoms with Crippen molar-refractivity contribution in [2.45, 2.75) is 66.2 Å². The smallest absolute Gasteiger partial charge is 0.330 e. The Morgan fingerprint density at radius 1 is 0.864 bits per heavy atom. The quantitative estimate of drug-likeness (QED) is 0.246.